The number of benzene rings is 3. The van der Waals surface area contributed by atoms with E-state index in [2.05, 4.69) is 26.6 Å². The van der Waals surface area contributed by atoms with E-state index in [4.69, 9.17) is 12.2 Å². The minimum Gasteiger partial charge on any atom is -0.342 e. The van der Waals surface area contributed by atoms with Gasteiger partial charge in [-0.15, -0.1) is 0 Å². The molecular weight excluding hydrogens is 548 g/mol. The summed E-state index contributed by atoms with van der Waals surface area (Å²) in [6.45, 7) is 1.15. The number of nitrogens with one attached hydrogen (secondary N) is 2. The second-order valence-electron chi connectivity index (χ2n) is 9.19. The van der Waals surface area contributed by atoms with Gasteiger partial charge in [-0.1, -0.05) is 72.8 Å². The lowest BCUT2D eigenvalue weighted by atomic mass is 10.0. The highest BCUT2D eigenvalue weighted by molar-refractivity contribution is 9.10. The average molecular weight is 580 g/mol. The summed E-state index contributed by atoms with van der Waals surface area (Å²) in [4.78, 5) is 30.7. The van der Waals surface area contributed by atoms with Gasteiger partial charge in [0.1, 0.15) is 12.1 Å². The van der Waals surface area contributed by atoms with E-state index < -0.39 is 12.1 Å². The smallest absolute Gasteiger partial charge is 0.245 e. The zero-order valence-corrected chi connectivity index (χ0v) is 23.2. The van der Waals surface area contributed by atoms with Crippen LogP contribution >= 0.6 is 28.1 Å². The number of hydrogen-bond donors (Lipinski definition) is 2. The summed E-state index contributed by atoms with van der Waals surface area (Å²) in [5.41, 5.74) is 2.87. The number of halogens is 1. The van der Waals surface area contributed by atoms with Crippen LogP contribution in [0.15, 0.2) is 89.4 Å². The van der Waals surface area contributed by atoms with E-state index in [9.17, 15) is 9.59 Å². The molecule has 0 radical (unpaired) electrons. The lowest BCUT2D eigenvalue weighted by molar-refractivity contribution is -0.136. The van der Waals surface area contributed by atoms with Crippen molar-refractivity contribution in [3.63, 3.8) is 0 Å². The minimum absolute atomic E-state index is 0.125. The topological polar surface area (TPSA) is 64.7 Å². The van der Waals surface area contributed by atoms with E-state index in [1.807, 2.05) is 89.8 Å². The van der Waals surface area contributed by atoms with E-state index in [1.165, 1.54) is 0 Å². The quantitative estimate of drug-likeness (QED) is 0.368. The predicted molar refractivity (Wildman–Crippen MR) is 155 cm³/mol. The number of para-hydroxylation sites is 1. The van der Waals surface area contributed by atoms with E-state index in [1.54, 1.807) is 11.9 Å². The molecule has 1 aliphatic rings. The SMILES string of the molecule is CN(Cc1ccccc1)C(=O)[C@H](Cc1ccccc1)NC(=O)[C@@H]1CCCN1C(=S)Nc1ccccc1Br. The van der Waals surface area contributed by atoms with Gasteiger partial charge in [-0.05, 0) is 64.2 Å². The van der Waals surface area contributed by atoms with Crippen LogP contribution in [0.2, 0.25) is 0 Å². The Kier molecular flexibility index (Phi) is 9.30. The lowest BCUT2D eigenvalue weighted by Gasteiger charge is -2.30. The summed E-state index contributed by atoms with van der Waals surface area (Å²) in [6.07, 6.45) is 1.94. The van der Waals surface area contributed by atoms with Crippen LogP contribution in [-0.2, 0) is 22.6 Å². The van der Waals surface area contributed by atoms with Crippen LogP contribution in [0.1, 0.15) is 24.0 Å². The van der Waals surface area contributed by atoms with Crippen molar-refractivity contribution in [1.29, 1.82) is 0 Å². The lowest BCUT2D eigenvalue weighted by Crippen LogP contribution is -2.54. The van der Waals surface area contributed by atoms with Crippen LogP contribution in [0.3, 0.4) is 0 Å². The first kappa shape index (κ1) is 26.8. The molecule has 3 aromatic rings. The zero-order valence-electron chi connectivity index (χ0n) is 20.8. The fourth-order valence-corrected chi connectivity index (χ4v) is 5.26. The number of carbonyl (C=O) groups excluding carboxylic acids is 2. The molecule has 1 saturated heterocycles. The highest BCUT2D eigenvalue weighted by Crippen LogP contribution is 2.24. The van der Waals surface area contributed by atoms with Crippen LogP contribution in [-0.4, -0.2) is 52.4 Å². The standard InChI is InChI=1S/C29H31BrN4O2S/c1-33(20-22-13-6-3-7-14-22)28(36)25(19-21-11-4-2-5-12-21)31-27(35)26-17-10-18-34(26)29(37)32-24-16-9-8-15-23(24)30/h2-9,11-16,25-26H,10,17-20H2,1H3,(H,31,35)(H,32,37)/t25-,26-/m0/s1. The number of rotatable bonds is 8. The van der Waals surface area contributed by atoms with Crippen molar-refractivity contribution in [1.82, 2.24) is 15.1 Å². The summed E-state index contributed by atoms with van der Waals surface area (Å²) in [5.74, 6) is -0.310. The molecule has 0 aliphatic carbocycles. The fraction of sp³-hybridized carbons (Fsp3) is 0.276. The Morgan fingerprint density at radius 1 is 1.00 bits per heavy atom. The van der Waals surface area contributed by atoms with Crippen molar-refractivity contribution in [2.75, 3.05) is 18.9 Å². The molecule has 1 aliphatic heterocycles. The number of anilines is 1. The number of likely N-dealkylation sites (tertiary alicyclic amines) is 1. The first-order valence-electron chi connectivity index (χ1n) is 12.4. The monoisotopic (exact) mass is 578 g/mol. The molecule has 2 amide bonds. The largest absolute Gasteiger partial charge is 0.342 e. The molecule has 0 aromatic heterocycles. The van der Waals surface area contributed by atoms with Gasteiger partial charge in [0.25, 0.3) is 0 Å². The Labute approximate surface area is 232 Å². The number of amides is 2. The van der Waals surface area contributed by atoms with Gasteiger partial charge in [-0.3, -0.25) is 9.59 Å². The van der Waals surface area contributed by atoms with Crippen molar-refractivity contribution >= 4 is 50.8 Å². The zero-order chi connectivity index (χ0) is 26.2. The van der Waals surface area contributed by atoms with Crippen molar-refractivity contribution in [2.24, 2.45) is 0 Å². The summed E-state index contributed by atoms with van der Waals surface area (Å²) in [7, 11) is 1.78. The molecule has 0 unspecified atom stereocenters. The Morgan fingerprint density at radius 2 is 1.62 bits per heavy atom. The van der Waals surface area contributed by atoms with Crippen LogP contribution in [0, 0.1) is 0 Å². The van der Waals surface area contributed by atoms with E-state index >= 15 is 0 Å². The van der Waals surface area contributed by atoms with Crippen LogP contribution in [0.5, 0.6) is 0 Å². The number of thiocarbonyl (C=S) groups is 1. The van der Waals surface area contributed by atoms with Crippen LogP contribution in [0.4, 0.5) is 5.69 Å². The summed E-state index contributed by atoms with van der Waals surface area (Å²) >= 11 is 9.21. The normalized spacial score (nSPS) is 15.6. The van der Waals surface area contributed by atoms with Crippen LogP contribution in [0.25, 0.3) is 0 Å². The number of carbonyl (C=O) groups is 2. The number of hydrogen-bond acceptors (Lipinski definition) is 3. The predicted octanol–water partition coefficient (Wildman–Crippen LogP) is 5.00. The third-order valence-corrected chi connectivity index (χ3v) is 7.50. The van der Waals surface area contributed by atoms with Gasteiger partial charge in [0.05, 0.1) is 5.69 Å². The second-order valence-corrected chi connectivity index (χ2v) is 10.4. The first-order chi connectivity index (χ1) is 17.9. The molecule has 1 fully saturated rings. The summed E-state index contributed by atoms with van der Waals surface area (Å²) in [5, 5.41) is 6.82. The Morgan fingerprint density at radius 3 is 2.30 bits per heavy atom. The minimum atomic E-state index is -0.684. The van der Waals surface area contributed by atoms with Gasteiger partial charge in [0.2, 0.25) is 11.8 Å². The summed E-state index contributed by atoms with van der Waals surface area (Å²) in [6, 6.07) is 26.2. The third-order valence-electron chi connectivity index (χ3n) is 6.47. The van der Waals surface area contributed by atoms with Gasteiger partial charge < -0.3 is 20.4 Å². The molecule has 0 spiro atoms. The molecule has 2 atom stereocenters. The number of likely N-dealkylation sites (N-methyl/N-ethyl adjacent to an activating group) is 1. The number of nitrogens with zero attached hydrogens (tertiary/aromatic N) is 2. The van der Waals surface area contributed by atoms with Crippen molar-refractivity contribution in [3.8, 4) is 0 Å². The highest BCUT2D eigenvalue weighted by Gasteiger charge is 2.35. The molecule has 4 rings (SSSR count). The van der Waals surface area contributed by atoms with Gasteiger partial charge in [0.15, 0.2) is 5.11 Å². The molecule has 0 bridgehead atoms. The first-order valence-corrected chi connectivity index (χ1v) is 13.6. The van der Waals surface area contributed by atoms with Crippen molar-refractivity contribution in [3.05, 3.63) is 101 Å². The summed E-state index contributed by atoms with van der Waals surface area (Å²) < 4.78 is 0.896. The van der Waals surface area contributed by atoms with Gasteiger partial charge in [-0.25, -0.2) is 0 Å². The molecular formula is C29H31BrN4O2S. The van der Waals surface area contributed by atoms with E-state index in [0.717, 1.165) is 27.7 Å². The third kappa shape index (κ3) is 7.17. The molecule has 3 aromatic carbocycles. The Hall–Kier alpha value is -3.23. The molecule has 8 heteroatoms. The maximum absolute atomic E-state index is 13.6. The van der Waals surface area contributed by atoms with Gasteiger partial charge in [-0.2, -0.15) is 0 Å². The molecule has 37 heavy (non-hydrogen) atoms. The van der Waals surface area contributed by atoms with Crippen LogP contribution < -0.4 is 10.6 Å². The Bertz CT molecular complexity index is 1220. The van der Waals surface area contributed by atoms with Crippen molar-refractivity contribution in [2.45, 2.75) is 37.9 Å². The molecule has 1 heterocycles. The molecule has 6 nitrogen and oxygen atoms in total. The second kappa shape index (κ2) is 12.8. The van der Waals surface area contributed by atoms with E-state index in [0.29, 0.717) is 31.0 Å². The highest BCUT2D eigenvalue weighted by atomic mass is 79.9. The molecule has 192 valence electrons. The fourth-order valence-electron chi connectivity index (χ4n) is 4.55. The van der Waals surface area contributed by atoms with Crippen molar-refractivity contribution < 1.29 is 9.59 Å². The molecule has 0 saturated carbocycles. The molecule has 2 N–H and O–H groups in total. The maximum Gasteiger partial charge on any atom is 0.245 e. The van der Waals surface area contributed by atoms with Gasteiger partial charge in [0, 0.05) is 31.0 Å². The maximum atomic E-state index is 13.6. The average Bonchev–Trinajstić information content (AvgIpc) is 3.41. The Balaban J connectivity index is 1.47. The van der Waals surface area contributed by atoms with Gasteiger partial charge >= 0.3 is 0 Å². The van der Waals surface area contributed by atoms with E-state index in [-0.39, 0.29) is 11.8 Å².